The Balaban J connectivity index is 0.00000625. The summed E-state index contributed by atoms with van der Waals surface area (Å²) in [5, 5.41) is 3.78. The summed E-state index contributed by atoms with van der Waals surface area (Å²) in [6, 6.07) is 7.35. The summed E-state index contributed by atoms with van der Waals surface area (Å²) in [4.78, 5) is 20.4. The van der Waals surface area contributed by atoms with Gasteiger partial charge in [0.05, 0.1) is 18.1 Å². The molecule has 0 fully saturated rings. The lowest BCUT2D eigenvalue weighted by atomic mass is 10.3. The fourth-order valence-electron chi connectivity index (χ4n) is 2.29. The van der Waals surface area contributed by atoms with Crippen molar-refractivity contribution in [3.63, 3.8) is 0 Å². The van der Waals surface area contributed by atoms with Crippen molar-refractivity contribution >= 4 is 47.4 Å². The molecule has 0 heterocycles. The van der Waals surface area contributed by atoms with Gasteiger partial charge in [-0.3, -0.25) is 4.79 Å². The Bertz CT molecular complexity index is 568. The van der Waals surface area contributed by atoms with E-state index in [-0.39, 0.29) is 29.9 Å². The maximum absolute atomic E-state index is 12.2. The number of hydrogen-bond acceptors (Lipinski definition) is 3. The zero-order chi connectivity index (χ0) is 18.7. The minimum atomic E-state index is 0. The van der Waals surface area contributed by atoms with E-state index in [4.69, 9.17) is 16.3 Å². The number of rotatable bonds is 9. The SMILES string of the molecule is CCNC(=NCCOc1ccccc1Cl)N(C)CC(=O)N(CC)CC.I. The highest BCUT2D eigenvalue weighted by atomic mass is 127. The average molecular weight is 497 g/mol. The Morgan fingerprint density at radius 1 is 1.23 bits per heavy atom. The molecule has 0 atom stereocenters. The summed E-state index contributed by atoms with van der Waals surface area (Å²) in [6.45, 7) is 9.28. The topological polar surface area (TPSA) is 57.2 Å². The first-order chi connectivity index (χ1) is 12.0. The molecule has 0 aliphatic heterocycles. The molecule has 1 N–H and O–H groups in total. The molecule has 0 saturated carbocycles. The van der Waals surface area contributed by atoms with Gasteiger partial charge >= 0.3 is 0 Å². The number of nitrogens with zero attached hydrogens (tertiary/aromatic N) is 3. The summed E-state index contributed by atoms with van der Waals surface area (Å²) >= 11 is 6.06. The molecule has 0 saturated heterocycles. The lowest BCUT2D eigenvalue weighted by molar-refractivity contribution is -0.131. The molecule has 0 unspecified atom stereocenters. The monoisotopic (exact) mass is 496 g/mol. The lowest BCUT2D eigenvalue weighted by Gasteiger charge is -2.25. The molecule has 1 aromatic rings. The summed E-state index contributed by atoms with van der Waals surface area (Å²) in [5.74, 6) is 1.42. The molecule has 148 valence electrons. The molecule has 1 rings (SSSR count). The Morgan fingerprint density at radius 3 is 2.46 bits per heavy atom. The number of carbonyl (C=O) groups excluding carboxylic acids is 1. The zero-order valence-corrected chi connectivity index (χ0v) is 19.1. The van der Waals surface area contributed by atoms with E-state index in [1.54, 1.807) is 11.0 Å². The summed E-state index contributed by atoms with van der Waals surface area (Å²) in [5.41, 5.74) is 0. The molecule has 1 amide bonds. The number of likely N-dealkylation sites (N-methyl/N-ethyl adjacent to an activating group) is 2. The van der Waals surface area contributed by atoms with Crippen LogP contribution in [0.5, 0.6) is 5.75 Å². The third kappa shape index (κ3) is 8.44. The predicted octanol–water partition coefficient (Wildman–Crippen LogP) is 3.10. The van der Waals surface area contributed by atoms with Gasteiger partial charge in [0, 0.05) is 26.7 Å². The fraction of sp³-hybridized carbons (Fsp3) is 0.556. The van der Waals surface area contributed by atoms with Gasteiger partial charge < -0.3 is 19.9 Å². The minimum absolute atomic E-state index is 0. The van der Waals surface area contributed by atoms with Crippen LogP contribution in [0.25, 0.3) is 0 Å². The molecule has 0 aliphatic rings. The predicted molar refractivity (Wildman–Crippen MR) is 119 cm³/mol. The van der Waals surface area contributed by atoms with E-state index in [9.17, 15) is 4.79 Å². The van der Waals surface area contributed by atoms with Crippen LogP contribution in [0.15, 0.2) is 29.3 Å². The molecule has 0 aromatic heterocycles. The second kappa shape index (κ2) is 13.9. The second-order valence-electron chi connectivity index (χ2n) is 5.44. The van der Waals surface area contributed by atoms with Gasteiger partial charge in [-0.25, -0.2) is 4.99 Å². The van der Waals surface area contributed by atoms with Crippen molar-refractivity contribution in [3.05, 3.63) is 29.3 Å². The first-order valence-electron chi connectivity index (χ1n) is 8.67. The molecule has 6 nitrogen and oxygen atoms in total. The normalized spacial score (nSPS) is 10.7. The van der Waals surface area contributed by atoms with Crippen molar-refractivity contribution in [1.82, 2.24) is 15.1 Å². The van der Waals surface area contributed by atoms with Crippen molar-refractivity contribution in [2.24, 2.45) is 4.99 Å². The fourth-order valence-corrected chi connectivity index (χ4v) is 2.48. The first-order valence-corrected chi connectivity index (χ1v) is 9.05. The van der Waals surface area contributed by atoms with Crippen LogP contribution in [0.2, 0.25) is 5.02 Å². The number of halogens is 2. The third-order valence-electron chi connectivity index (χ3n) is 3.63. The number of carbonyl (C=O) groups is 1. The van der Waals surface area contributed by atoms with Crippen LogP contribution in [0.1, 0.15) is 20.8 Å². The molecule has 0 spiro atoms. The van der Waals surface area contributed by atoms with E-state index in [0.29, 0.717) is 49.5 Å². The van der Waals surface area contributed by atoms with Crippen LogP contribution >= 0.6 is 35.6 Å². The highest BCUT2D eigenvalue weighted by Crippen LogP contribution is 2.22. The molecular formula is C18H30ClIN4O2. The number of para-hydroxylation sites is 1. The highest BCUT2D eigenvalue weighted by molar-refractivity contribution is 14.0. The molecule has 1 aromatic carbocycles. The zero-order valence-electron chi connectivity index (χ0n) is 16.0. The van der Waals surface area contributed by atoms with E-state index < -0.39 is 0 Å². The maximum Gasteiger partial charge on any atom is 0.242 e. The molecule has 0 bridgehead atoms. The van der Waals surface area contributed by atoms with Crippen molar-refractivity contribution in [2.45, 2.75) is 20.8 Å². The van der Waals surface area contributed by atoms with E-state index in [2.05, 4.69) is 10.3 Å². The third-order valence-corrected chi connectivity index (χ3v) is 3.94. The smallest absolute Gasteiger partial charge is 0.242 e. The Hall–Kier alpha value is -1.22. The number of hydrogen-bond donors (Lipinski definition) is 1. The molecule has 8 heteroatoms. The summed E-state index contributed by atoms with van der Waals surface area (Å²) < 4.78 is 5.64. The largest absolute Gasteiger partial charge is 0.490 e. The van der Waals surface area contributed by atoms with E-state index in [1.165, 1.54) is 0 Å². The number of ether oxygens (including phenoxy) is 1. The quantitative estimate of drug-likeness (QED) is 0.247. The Labute approximate surface area is 178 Å². The maximum atomic E-state index is 12.2. The van der Waals surface area contributed by atoms with Gasteiger partial charge in [0.1, 0.15) is 12.4 Å². The van der Waals surface area contributed by atoms with Gasteiger partial charge in [0.25, 0.3) is 0 Å². The van der Waals surface area contributed by atoms with Crippen LogP contribution in [0.4, 0.5) is 0 Å². The minimum Gasteiger partial charge on any atom is -0.490 e. The van der Waals surface area contributed by atoms with Gasteiger partial charge in [-0.1, -0.05) is 23.7 Å². The molecular weight excluding hydrogens is 467 g/mol. The van der Waals surface area contributed by atoms with Crippen molar-refractivity contribution in [2.75, 3.05) is 46.4 Å². The first kappa shape index (κ1) is 24.8. The number of guanidine groups is 1. The Morgan fingerprint density at radius 2 is 1.88 bits per heavy atom. The number of aliphatic imine (C=N–C) groups is 1. The molecule has 26 heavy (non-hydrogen) atoms. The van der Waals surface area contributed by atoms with Gasteiger partial charge in [-0.2, -0.15) is 0 Å². The lowest BCUT2D eigenvalue weighted by Crippen LogP contribution is -2.45. The standard InChI is InChI=1S/C18H29ClN4O2.HI/c1-5-20-18(22(4)14-17(24)23(6-2)7-3)21-12-13-25-16-11-9-8-10-15(16)19;/h8-11H,5-7,12-14H2,1-4H3,(H,20,21);1H. The van der Waals surface area contributed by atoms with Gasteiger partial charge in [-0.05, 0) is 32.9 Å². The van der Waals surface area contributed by atoms with Gasteiger partial charge in [0.2, 0.25) is 5.91 Å². The van der Waals surface area contributed by atoms with Crippen molar-refractivity contribution < 1.29 is 9.53 Å². The highest BCUT2D eigenvalue weighted by Gasteiger charge is 2.14. The average Bonchev–Trinajstić information content (AvgIpc) is 2.60. The number of benzene rings is 1. The van der Waals surface area contributed by atoms with Crippen LogP contribution in [0.3, 0.4) is 0 Å². The summed E-state index contributed by atoms with van der Waals surface area (Å²) in [6.07, 6.45) is 0. The molecule has 0 aliphatic carbocycles. The van der Waals surface area contributed by atoms with Crippen molar-refractivity contribution in [1.29, 1.82) is 0 Å². The van der Waals surface area contributed by atoms with Gasteiger partial charge in [-0.15, -0.1) is 24.0 Å². The van der Waals surface area contributed by atoms with Crippen LogP contribution < -0.4 is 10.1 Å². The molecule has 0 radical (unpaired) electrons. The summed E-state index contributed by atoms with van der Waals surface area (Å²) in [7, 11) is 1.86. The van der Waals surface area contributed by atoms with Gasteiger partial charge in [0.15, 0.2) is 5.96 Å². The van der Waals surface area contributed by atoms with Crippen molar-refractivity contribution in [3.8, 4) is 5.75 Å². The number of amides is 1. The Kier molecular flexibility index (Phi) is 13.3. The van der Waals surface area contributed by atoms with Crippen LogP contribution in [-0.2, 0) is 4.79 Å². The number of nitrogens with one attached hydrogen (secondary N) is 1. The second-order valence-corrected chi connectivity index (χ2v) is 5.84. The van der Waals surface area contributed by atoms with E-state index >= 15 is 0 Å². The van der Waals surface area contributed by atoms with Crippen LogP contribution in [0, 0.1) is 0 Å². The van der Waals surface area contributed by atoms with E-state index in [0.717, 1.165) is 6.54 Å². The van der Waals surface area contributed by atoms with Crippen LogP contribution in [-0.4, -0.2) is 68.0 Å². The van der Waals surface area contributed by atoms with E-state index in [1.807, 2.05) is 50.9 Å².